The van der Waals surface area contributed by atoms with Gasteiger partial charge in [0.1, 0.15) is 0 Å². The number of ketones is 2. The second-order valence-corrected chi connectivity index (χ2v) is 16.8. The van der Waals surface area contributed by atoms with Crippen LogP contribution in [0.25, 0.3) is 0 Å². The molecule has 1 saturated heterocycles. The van der Waals surface area contributed by atoms with E-state index in [0.29, 0.717) is 12.8 Å². The monoisotopic (exact) mass is 300 g/mol. The van der Waals surface area contributed by atoms with Crippen molar-refractivity contribution in [3.05, 3.63) is 0 Å². The van der Waals surface area contributed by atoms with E-state index in [0.717, 1.165) is 12.8 Å². The Morgan fingerprint density at radius 3 is 1.59 bits per heavy atom. The molecule has 0 aliphatic carbocycles. The van der Waals surface area contributed by atoms with Crippen molar-refractivity contribution >= 4 is 24.8 Å². The van der Waals surface area contributed by atoms with Crippen molar-refractivity contribution in [2.75, 3.05) is 0 Å². The molecule has 0 N–H and O–H groups in total. The number of hydrogen-bond donors (Lipinski definition) is 0. The van der Waals surface area contributed by atoms with Crippen LogP contribution in [0.15, 0.2) is 0 Å². The third-order valence-electron chi connectivity index (χ3n) is 4.53. The van der Waals surface area contributed by atoms with Crippen LogP contribution in [0.1, 0.15) is 52.4 Å². The van der Waals surface area contributed by atoms with Crippen molar-refractivity contribution < 1.29 is 9.59 Å². The molecule has 1 aliphatic heterocycles. The molecule has 0 aromatic rings. The molecule has 2 nitrogen and oxygen atoms in total. The first-order valence-electron chi connectivity index (χ1n) is 7.19. The predicted octanol–water partition coefficient (Wildman–Crippen LogP) is 3.97. The van der Waals surface area contributed by atoms with Gasteiger partial charge in [-0.25, -0.2) is 0 Å². The zero-order valence-electron chi connectivity index (χ0n) is 11.4. The molecule has 0 unspecified atom stereocenters. The molecule has 0 saturated carbocycles. The Hall–Kier alpha value is -0.117. The summed E-state index contributed by atoms with van der Waals surface area (Å²) < 4.78 is 0. The summed E-state index contributed by atoms with van der Waals surface area (Å²) in [5, 5.41) is 5.65. The number of Topliss-reactive ketones (excluding diaryl/α,β-unsaturated/α-hetero) is 2. The van der Waals surface area contributed by atoms with Crippen molar-refractivity contribution in [3.8, 4) is 0 Å². The van der Waals surface area contributed by atoms with Crippen LogP contribution in [-0.4, -0.2) is 24.8 Å². The maximum absolute atomic E-state index is 11.5. The van der Waals surface area contributed by atoms with Gasteiger partial charge >= 0.3 is 108 Å². The quantitative estimate of drug-likeness (QED) is 0.571. The Bertz CT molecular complexity index is 245. The van der Waals surface area contributed by atoms with Gasteiger partial charge in [0.15, 0.2) is 0 Å². The van der Waals surface area contributed by atoms with E-state index in [-0.39, 0.29) is 11.6 Å². The summed E-state index contributed by atoms with van der Waals surface area (Å²) >= 11 is -1.59. The minimum absolute atomic E-state index is 0.113. The molecule has 0 bridgehead atoms. The molecular weight excluding hydrogens is 273 g/mol. The summed E-state index contributed by atoms with van der Waals surface area (Å²) in [6, 6.07) is 0. The van der Waals surface area contributed by atoms with Crippen LogP contribution in [0.2, 0.25) is 21.0 Å². The van der Waals surface area contributed by atoms with E-state index in [2.05, 4.69) is 13.8 Å². The first kappa shape index (κ1) is 14.9. The fourth-order valence-electron chi connectivity index (χ4n) is 2.93. The zero-order valence-corrected chi connectivity index (χ0v) is 13.5. The van der Waals surface area contributed by atoms with E-state index in [1.807, 2.05) is 0 Å². The maximum atomic E-state index is 11.5. The van der Waals surface area contributed by atoms with E-state index in [4.69, 9.17) is 0 Å². The normalized spacial score (nSPS) is 23.2. The van der Waals surface area contributed by atoms with E-state index in [1.54, 1.807) is 0 Å². The summed E-state index contributed by atoms with van der Waals surface area (Å²) in [5.74, 6) is -0.226. The van der Waals surface area contributed by atoms with Gasteiger partial charge in [0, 0.05) is 0 Å². The Morgan fingerprint density at radius 2 is 1.24 bits per heavy atom. The summed E-state index contributed by atoms with van der Waals surface area (Å²) in [4.78, 5) is 23.0. The average molecular weight is 299 g/mol. The van der Waals surface area contributed by atoms with E-state index >= 15 is 0 Å². The van der Waals surface area contributed by atoms with Crippen LogP contribution in [0.4, 0.5) is 0 Å². The van der Waals surface area contributed by atoms with Crippen LogP contribution < -0.4 is 0 Å². The molecular formula is C14H26GeO2. The van der Waals surface area contributed by atoms with Crippen LogP contribution in [0.3, 0.4) is 0 Å². The van der Waals surface area contributed by atoms with Crippen molar-refractivity contribution in [3.63, 3.8) is 0 Å². The molecule has 1 aliphatic rings. The fraction of sp³-hybridized carbons (Fsp3) is 0.857. The standard InChI is InChI=1S/C14H26GeO2/c1-3-15(4-2)11-7-5-9-13(16)14(17)10-6-8-12-15/h3-12H2,1-2H3. The van der Waals surface area contributed by atoms with Crippen molar-refractivity contribution in [1.82, 2.24) is 0 Å². The first-order valence-corrected chi connectivity index (χ1v) is 13.1. The first-order chi connectivity index (χ1) is 8.13. The number of hydrogen-bond acceptors (Lipinski definition) is 2. The Balaban J connectivity index is 2.61. The van der Waals surface area contributed by atoms with Gasteiger partial charge in [-0.05, 0) is 0 Å². The molecule has 0 amide bonds. The van der Waals surface area contributed by atoms with E-state index in [9.17, 15) is 9.59 Å². The van der Waals surface area contributed by atoms with Gasteiger partial charge in [-0.3, -0.25) is 0 Å². The van der Waals surface area contributed by atoms with Crippen molar-refractivity contribution in [2.45, 2.75) is 73.4 Å². The molecule has 98 valence electrons. The van der Waals surface area contributed by atoms with Crippen LogP contribution in [0.5, 0.6) is 0 Å². The molecule has 0 spiro atoms. The fourth-order valence-corrected chi connectivity index (χ4v) is 11.7. The van der Waals surface area contributed by atoms with Gasteiger partial charge in [-0.1, -0.05) is 0 Å². The topological polar surface area (TPSA) is 34.1 Å². The Kier molecular flexibility index (Phi) is 6.46. The van der Waals surface area contributed by atoms with Gasteiger partial charge in [0.25, 0.3) is 0 Å². The Labute approximate surface area is 108 Å². The van der Waals surface area contributed by atoms with E-state index in [1.165, 1.54) is 33.9 Å². The summed E-state index contributed by atoms with van der Waals surface area (Å²) in [7, 11) is 0. The minimum atomic E-state index is -1.59. The van der Waals surface area contributed by atoms with Crippen molar-refractivity contribution in [2.24, 2.45) is 0 Å². The van der Waals surface area contributed by atoms with Gasteiger partial charge in [-0.15, -0.1) is 0 Å². The molecule has 1 heterocycles. The molecule has 0 radical (unpaired) electrons. The van der Waals surface area contributed by atoms with Gasteiger partial charge in [0.2, 0.25) is 0 Å². The van der Waals surface area contributed by atoms with E-state index < -0.39 is 13.3 Å². The van der Waals surface area contributed by atoms with Crippen LogP contribution in [0, 0.1) is 0 Å². The number of carbonyl (C=O) groups excluding carboxylic acids is 2. The SMILES string of the molecule is C[CH2][Ge]1([CH2]C)[CH2]CCCC(=O)C(=O)CCC[CH2]1. The van der Waals surface area contributed by atoms with Crippen LogP contribution >= 0.6 is 0 Å². The molecule has 3 heteroatoms. The van der Waals surface area contributed by atoms with Gasteiger partial charge < -0.3 is 0 Å². The summed E-state index contributed by atoms with van der Waals surface area (Å²) in [6.45, 7) is 4.72. The van der Waals surface area contributed by atoms with Gasteiger partial charge in [0.05, 0.1) is 0 Å². The second kappa shape index (κ2) is 7.35. The molecule has 1 rings (SSSR count). The predicted molar refractivity (Wildman–Crippen MR) is 74.0 cm³/mol. The summed E-state index contributed by atoms with van der Waals surface area (Å²) in [6.07, 6.45) is 5.26. The number of carbonyl (C=O) groups is 2. The molecule has 0 atom stereocenters. The zero-order chi connectivity index (χ0) is 12.7. The number of rotatable bonds is 2. The molecule has 1 fully saturated rings. The van der Waals surface area contributed by atoms with Crippen molar-refractivity contribution in [1.29, 1.82) is 0 Å². The molecule has 17 heavy (non-hydrogen) atoms. The third kappa shape index (κ3) is 4.57. The second-order valence-electron chi connectivity index (χ2n) is 5.47. The summed E-state index contributed by atoms with van der Waals surface area (Å²) in [5.41, 5.74) is 0. The molecule has 0 aromatic heterocycles. The van der Waals surface area contributed by atoms with Crippen LogP contribution in [-0.2, 0) is 9.59 Å². The van der Waals surface area contributed by atoms with Gasteiger partial charge in [-0.2, -0.15) is 0 Å². The third-order valence-corrected chi connectivity index (χ3v) is 16.8. The average Bonchev–Trinajstić information content (AvgIpc) is 2.38. The Morgan fingerprint density at radius 1 is 0.824 bits per heavy atom. The molecule has 0 aromatic carbocycles.